The standard InChI is InChI=1S/C45H78NO10P/c1-3-5-7-9-11-13-15-17-19-20-21-23-24-26-28-30-32-34-36-43(47)53-38-41(39-54-57(51,52)55-40-42(46)45(49)50)56-44(48)37-35-33-31-29-27-25-22-18-16-14-12-10-8-6-4-2/h6,8,12,14,18,22,27,29,33,35,41-42H,3-5,7,9-11,13,15-17,19-21,23-26,28,30-32,34,36-40,46H2,1-2H3,(H,49,50)(H,51,52)/b8-6-,14-12-,22-18-,29-27-,35-33-. The highest BCUT2D eigenvalue weighted by atomic mass is 31.2. The summed E-state index contributed by atoms with van der Waals surface area (Å²) in [7, 11) is -4.74. The van der Waals surface area contributed by atoms with Gasteiger partial charge in [-0.15, -0.1) is 0 Å². The molecule has 0 amide bonds. The molecule has 0 fully saturated rings. The molecular weight excluding hydrogens is 745 g/mol. The average molecular weight is 824 g/mol. The Balaban J connectivity index is 4.44. The molecule has 3 unspecified atom stereocenters. The molecule has 0 spiro atoms. The van der Waals surface area contributed by atoms with E-state index in [1.54, 1.807) is 6.08 Å². The molecule has 12 heteroatoms. The maximum Gasteiger partial charge on any atom is 0.472 e. The lowest BCUT2D eigenvalue weighted by molar-refractivity contribution is -0.160. The Morgan fingerprint density at radius 1 is 0.561 bits per heavy atom. The monoisotopic (exact) mass is 824 g/mol. The Morgan fingerprint density at radius 3 is 1.40 bits per heavy atom. The van der Waals surface area contributed by atoms with Gasteiger partial charge in [0.15, 0.2) is 6.10 Å². The molecule has 11 nitrogen and oxygen atoms in total. The second kappa shape index (κ2) is 40.0. The number of rotatable bonds is 40. The van der Waals surface area contributed by atoms with E-state index in [1.807, 2.05) is 18.2 Å². The number of esters is 2. The van der Waals surface area contributed by atoms with E-state index in [0.717, 1.165) is 44.9 Å². The fraction of sp³-hybridized carbons (Fsp3) is 0.711. The molecule has 0 aliphatic heterocycles. The molecule has 0 heterocycles. The zero-order valence-electron chi connectivity index (χ0n) is 35.4. The van der Waals surface area contributed by atoms with Crippen molar-refractivity contribution in [3.63, 3.8) is 0 Å². The number of aliphatic carboxylic acids is 1. The molecule has 0 aliphatic carbocycles. The maximum absolute atomic E-state index is 12.5. The van der Waals surface area contributed by atoms with Crippen molar-refractivity contribution in [3.05, 3.63) is 60.8 Å². The van der Waals surface area contributed by atoms with Gasteiger partial charge in [0.1, 0.15) is 12.6 Å². The van der Waals surface area contributed by atoms with Crippen LogP contribution in [0.25, 0.3) is 0 Å². The van der Waals surface area contributed by atoms with E-state index in [4.69, 9.17) is 24.8 Å². The predicted molar refractivity (Wildman–Crippen MR) is 231 cm³/mol. The highest BCUT2D eigenvalue weighted by Crippen LogP contribution is 2.43. The Kier molecular flexibility index (Phi) is 38.0. The minimum Gasteiger partial charge on any atom is -0.480 e. The molecular formula is C45H78NO10P. The van der Waals surface area contributed by atoms with Crippen LogP contribution in [0.5, 0.6) is 0 Å². The molecule has 0 radical (unpaired) electrons. The van der Waals surface area contributed by atoms with E-state index in [-0.39, 0.29) is 19.4 Å². The first-order valence-electron chi connectivity index (χ1n) is 21.8. The van der Waals surface area contributed by atoms with Crippen LogP contribution in [-0.4, -0.2) is 59.9 Å². The summed E-state index contributed by atoms with van der Waals surface area (Å²) >= 11 is 0. The zero-order valence-corrected chi connectivity index (χ0v) is 36.3. The molecule has 0 rings (SSSR count). The number of phosphoric ester groups is 1. The van der Waals surface area contributed by atoms with Crippen LogP contribution < -0.4 is 5.73 Å². The smallest absolute Gasteiger partial charge is 0.472 e. The van der Waals surface area contributed by atoms with Crippen molar-refractivity contribution in [2.45, 2.75) is 187 Å². The van der Waals surface area contributed by atoms with Gasteiger partial charge in [-0.2, -0.15) is 0 Å². The summed E-state index contributed by atoms with van der Waals surface area (Å²) in [5.41, 5.74) is 5.32. The quantitative estimate of drug-likeness (QED) is 0.0232. The molecule has 0 saturated carbocycles. The third kappa shape index (κ3) is 39.8. The van der Waals surface area contributed by atoms with E-state index in [2.05, 4.69) is 54.8 Å². The normalized spacial score (nSPS) is 14.3. The summed E-state index contributed by atoms with van der Waals surface area (Å²) in [5, 5.41) is 8.88. The Hall–Kier alpha value is -2.82. The lowest BCUT2D eigenvalue weighted by atomic mass is 10.0. The van der Waals surface area contributed by atoms with E-state index in [1.165, 1.54) is 89.9 Å². The first-order valence-corrected chi connectivity index (χ1v) is 23.3. The highest BCUT2D eigenvalue weighted by molar-refractivity contribution is 7.47. The van der Waals surface area contributed by atoms with Crippen LogP contribution in [0.3, 0.4) is 0 Å². The van der Waals surface area contributed by atoms with Crippen LogP contribution in [0.4, 0.5) is 0 Å². The number of hydrogen-bond acceptors (Lipinski definition) is 9. The van der Waals surface area contributed by atoms with Gasteiger partial charge in [-0.25, -0.2) is 4.57 Å². The van der Waals surface area contributed by atoms with Gasteiger partial charge in [0.05, 0.1) is 19.6 Å². The number of nitrogens with two attached hydrogens (primary N) is 1. The molecule has 57 heavy (non-hydrogen) atoms. The number of carboxylic acids is 1. The Labute approximate surface area is 345 Å². The number of allylic oxidation sites excluding steroid dienone is 9. The minimum absolute atomic E-state index is 0.0714. The van der Waals surface area contributed by atoms with Gasteiger partial charge in [-0.1, -0.05) is 184 Å². The van der Waals surface area contributed by atoms with Crippen LogP contribution in [-0.2, 0) is 37.5 Å². The molecule has 0 aromatic carbocycles. The number of unbranched alkanes of at least 4 members (excludes halogenated alkanes) is 17. The highest BCUT2D eigenvalue weighted by Gasteiger charge is 2.28. The molecule has 0 bridgehead atoms. The van der Waals surface area contributed by atoms with Crippen LogP contribution in [0.15, 0.2) is 60.8 Å². The molecule has 0 saturated heterocycles. The van der Waals surface area contributed by atoms with Crippen LogP contribution >= 0.6 is 7.82 Å². The Bertz CT molecular complexity index is 1200. The van der Waals surface area contributed by atoms with Gasteiger partial charge in [-0.3, -0.25) is 23.4 Å². The summed E-state index contributed by atoms with van der Waals surface area (Å²) in [4.78, 5) is 45.9. The van der Waals surface area contributed by atoms with E-state index >= 15 is 0 Å². The molecule has 0 aliphatic rings. The topological polar surface area (TPSA) is 172 Å². The largest absolute Gasteiger partial charge is 0.480 e. The number of hydrogen-bond donors (Lipinski definition) is 3. The molecule has 4 N–H and O–H groups in total. The van der Waals surface area contributed by atoms with E-state index in [9.17, 15) is 23.8 Å². The average Bonchev–Trinajstić information content (AvgIpc) is 3.19. The van der Waals surface area contributed by atoms with E-state index < -0.39 is 51.1 Å². The first-order chi connectivity index (χ1) is 27.6. The third-order valence-electron chi connectivity index (χ3n) is 9.06. The molecule has 328 valence electrons. The third-order valence-corrected chi connectivity index (χ3v) is 10.0. The van der Waals surface area contributed by atoms with Crippen molar-refractivity contribution in [2.75, 3.05) is 19.8 Å². The lowest BCUT2D eigenvalue weighted by Crippen LogP contribution is -2.34. The minimum atomic E-state index is -4.74. The van der Waals surface area contributed by atoms with Crippen molar-refractivity contribution in [2.24, 2.45) is 5.73 Å². The number of carbonyl (C=O) groups is 3. The molecule has 0 aromatic rings. The zero-order chi connectivity index (χ0) is 42.1. The van der Waals surface area contributed by atoms with E-state index in [0.29, 0.717) is 12.8 Å². The second-order valence-corrected chi connectivity index (χ2v) is 15.9. The Morgan fingerprint density at radius 2 is 0.965 bits per heavy atom. The van der Waals surface area contributed by atoms with Crippen LogP contribution in [0.1, 0.15) is 174 Å². The van der Waals surface area contributed by atoms with Crippen molar-refractivity contribution < 1.29 is 47.5 Å². The van der Waals surface area contributed by atoms with Crippen molar-refractivity contribution in [1.82, 2.24) is 0 Å². The first kappa shape index (κ1) is 54.2. The van der Waals surface area contributed by atoms with Gasteiger partial charge in [-0.05, 0) is 38.5 Å². The summed E-state index contributed by atoms with van der Waals surface area (Å²) in [6, 6.07) is -1.54. The predicted octanol–water partition coefficient (Wildman–Crippen LogP) is 11.6. The SMILES string of the molecule is CC/C=C\C/C=C\C/C=C\C/C=C\C/C=C\CC(=O)OC(COC(=O)CCCCCCCCCCCCCCCCCCCC)COP(=O)(O)OCC(N)C(=O)O. The van der Waals surface area contributed by atoms with Crippen molar-refractivity contribution in [1.29, 1.82) is 0 Å². The maximum atomic E-state index is 12.5. The lowest BCUT2D eigenvalue weighted by Gasteiger charge is -2.20. The van der Waals surface area contributed by atoms with Gasteiger partial charge >= 0.3 is 25.7 Å². The fourth-order valence-electron chi connectivity index (χ4n) is 5.67. The summed E-state index contributed by atoms with van der Waals surface area (Å²) in [5.74, 6) is -2.54. The van der Waals surface area contributed by atoms with Crippen LogP contribution in [0.2, 0.25) is 0 Å². The summed E-state index contributed by atoms with van der Waals surface area (Å²) in [6.07, 6.45) is 46.1. The van der Waals surface area contributed by atoms with Gasteiger partial charge in [0, 0.05) is 6.42 Å². The van der Waals surface area contributed by atoms with Crippen molar-refractivity contribution in [3.8, 4) is 0 Å². The number of carbonyl (C=O) groups excluding carboxylic acids is 2. The van der Waals surface area contributed by atoms with Crippen LogP contribution in [0, 0.1) is 0 Å². The fourth-order valence-corrected chi connectivity index (χ4v) is 6.45. The van der Waals surface area contributed by atoms with Crippen molar-refractivity contribution >= 4 is 25.7 Å². The number of carboxylic acid groups (broad SMARTS) is 1. The van der Waals surface area contributed by atoms with Gasteiger partial charge in [0.25, 0.3) is 0 Å². The second-order valence-electron chi connectivity index (χ2n) is 14.5. The summed E-state index contributed by atoms with van der Waals surface area (Å²) in [6.45, 7) is 2.59. The van der Waals surface area contributed by atoms with Gasteiger partial charge in [0.2, 0.25) is 0 Å². The number of phosphoric acid groups is 1. The summed E-state index contributed by atoms with van der Waals surface area (Å²) < 4.78 is 32.5. The number of ether oxygens (including phenoxy) is 2. The molecule has 0 aromatic heterocycles. The van der Waals surface area contributed by atoms with Gasteiger partial charge < -0.3 is 25.2 Å². The molecule has 3 atom stereocenters.